The van der Waals surface area contributed by atoms with Crippen molar-refractivity contribution in [3.8, 4) is 5.69 Å². The van der Waals surface area contributed by atoms with E-state index in [1.807, 2.05) is 37.4 Å². The first kappa shape index (κ1) is 12.0. The zero-order chi connectivity index (χ0) is 13.4. The van der Waals surface area contributed by atoms with Gasteiger partial charge in [0.15, 0.2) is 10.8 Å². The van der Waals surface area contributed by atoms with Gasteiger partial charge in [-0.1, -0.05) is 23.9 Å². The van der Waals surface area contributed by atoms with Crippen LogP contribution in [-0.4, -0.2) is 26.0 Å². The Morgan fingerprint density at radius 3 is 2.95 bits per heavy atom. The highest BCUT2D eigenvalue weighted by Gasteiger charge is 2.11. The molecule has 1 aromatic carbocycles. The molecule has 0 aliphatic heterocycles. The van der Waals surface area contributed by atoms with E-state index in [-0.39, 0.29) is 5.56 Å². The van der Waals surface area contributed by atoms with Gasteiger partial charge >= 0.3 is 0 Å². The lowest BCUT2D eigenvalue weighted by Crippen LogP contribution is -2.09. The molecule has 0 atom stereocenters. The van der Waals surface area contributed by atoms with Crippen LogP contribution in [0.3, 0.4) is 0 Å². The molecule has 5 nitrogen and oxygen atoms in total. The highest BCUT2D eigenvalue weighted by atomic mass is 32.2. The summed E-state index contributed by atoms with van der Waals surface area (Å²) in [7, 11) is 0. The largest absolute Gasteiger partial charge is 0.301 e. The minimum Gasteiger partial charge on any atom is -0.301 e. The molecule has 0 fully saturated rings. The third-order valence-corrected chi connectivity index (χ3v) is 3.44. The summed E-state index contributed by atoms with van der Waals surface area (Å²) in [6, 6.07) is 7.93. The normalized spacial score (nSPS) is 11.1. The van der Waals surface area contributed by atoms with Crippen molar-refractivity contribution in [2.24, 2.45) is 0 Å². The predicted molar refractivity (Wildman–Crippen MR) is 76.0 cm³/mol. The predicted octanol–water partition coefficient (Wildman–Crippen LogP) is 2.14. The van der Waals surface area contributed by atoms with Crippen molar-refractivity contribution in [2.45, 2.75) is 12.1 Å². The van der Waals surface area contributed by atoms with Crippen LogP contribution in [0.1, 0.15) is 5.56 Å². The standard InChI is InChI=1S/C13H12N4OS/c1-8-4-3-5-9(6-8)17-11-10(7-14-17)12(18)16-13(15-11)19-2/h3-7H,1-2H3,(H,15,16,18). The summed E-state index contributed by atoms with van der Waals surface area (Å²) in [5.41, 5.74) is 2.46. The van der Waals surface area contributed by atoms with Crippen molar-refractivity contribution >= 4 is 22.8 Å². The minimum atomic E-state index is -0.159. The monoisotopic (exact) mass is 272 g/mol. The topological polar surface area (TPSA) is 63.6 Å². The molecule has 1 N–H and O–H groups in total. The Morgan fingerprint density at radius 2 is 2.21 bits per heavy atom. The third-order valence-electron chi connectivity index (χ3n) is 2.86. The molecule has 0 radical (unpaired) electrons. The Labute approximate surface area is 113 Å². The van der Waals surface area contributed by atoms with E-state index >= 15 is 0 Å². The Bertz CT molecular complexity index is 806. The lowest BCUT2D eigenvalue weighted by molar-refractivity contribution is 0.872. The van der Waals surface area contributed by atoms with Gasteiger partial charge in [-0.15, -0.1) is 0 Å². The molecule has 0 unspecified atom stereocenters. The smallest absolute Gasteiger partial charge is 0.262 e. The first-order valence-corrected chi connectivity index (χ1v) is 7.00. The average molecular weight is 272 g/mol. The van der Waals surface area contributed by atoms with E-state index in [0.29, 0.717) is 16.2 Å². The number of nitrogens with zero attached hydrogens (tertiary/aromatic N) is 3. The number of hydrogen-bond donors (Lipinski definition) is 1. The quantitative estimate of drug-likeness (QED) is 0.573. The molecule has 19 heavy (non-hydrogen) atoms. The van der Waals surface area contributed by atoms with Gasteiger partial charge in [-0.2, -0.15) is 5.10 Å². The third kappa shape index (κ3) is 2.04. The molecule has 96 valence electrons. The Balaban J connectivity index is 2.30. The number of rotatable bonds is 2. The Kier molecular flexibility index (Phi) is 2.87. The van der Waals surface area contributed by atoms with Crippen LogP contribution in [0.4, 0.5) is 0 Å². The molecule has 0 saturated carbocycles. The van der Waals surface area contributed by atoms with Crippen molar-refractivity contribution in [1.29, 1.82) is 0 Å². The molecule has 0 amide bonds. The molecule has 0 saturated heterocycles. The molecule has 2 aromatic heterocycles. The van der Waals surface area contributed by atoms with Crippen LogP contribution in [-0.2, 0) is 0 Å². The van der Waals surface area contributed by atoms with Gasteiger partial charge in [-0.05, 0) is 30.9 Å². The van der Waals surface area contributed by atoms with E-state index < -0.39 is 0 Å². The summed E-state index contributed by atoms with van der Waals surface area (Å²) < 4.78 is 1.69. The van der Waals surface area contributed by atoms with Crippen molar-refractivity contribution in [3.63, 3.8) is 0 Å². The zero-order valence-electron chi connectivity index (χ0n) is 10.5. The molecule has 2 heterocycles. The Hall–Kier alpha value is -2.08. The van der Waals surface area contributed by atoms with E-state index in [2.05, 4.69) is 15.1 Å². The molecule has 6 heteroatoms. The maximum absolute atomic E-state index is 11.9. The van der Waals surface area contributed by atoms with Gasteiger partial charge in [0.05, 0.1) is 11.9 Å². The Morgan fingerprint density at radius 1 is 1.37 bits per heavy atom. The second-order valence-electron chi connectivity index (χ2n) is 4.21. The number of hydrogen-bond acceptors (Lipinski definition) is 4. The van der Waals surface area contributed by atoms with Gasteiger partial charge in [-0.25, -0.2) is 9.67 Å². The fourth-order valence-corrected chi connectivity index (χ4v) is 2.32. The first-order chi connectivity index (χ1) is 9.19. The van der Waals surface area contributed by atoms with Crippen molar-refractivity contribution < 1.29 is 0 Å². The summed E-state index contributed by atoms with van der Waals surface area (Å²) >= 11 is 1.40. The highest BCUT2D eigenvalue weighted by Crippen LogP contribution is 2.16. The molecule has 3 aromatic rings. The summed E-state index contributed by atoms with van der Waals surface area (Å²) in [5, 5.41) is 5.36. The fourth-order valence-electron chi connectivity index (χ4n) is 1.94. The number of H-pyrrole nitrogens is 1. The SMILES string of the molecule is CSc1nc2c(cnn2-c2cccc(C)c2)c(=O)[nH]1. The number of aryl methyl sites for hydroxylation is 1. The van der Waals surface area contributed by atoms with E-state index in [9.17, 15) is 4.79 Å². The van der Waals surface area contributed by atoms with Gasteiger partial charge < -0.3 is 4.98 Å². The zero-order valence-corrected chi connectivity index (χ0v) is 11.4. The van der Waals surface area contributed by atoms with Gasteiger partial charge in [0.2, 0.25) is 0 Å². The van der Waals surface area contributed by atoms with Gasteiger partial charge in [-0.3, -0.25) is 4.79 Å². The summed E-state index contributed by atoms with van der Waals surface area (Å²) in [6.45, 7) is 2.02. The van der Waals surface area contributed by atoms with Gasteiger partial charge in [0.25, 0.3) is 5.56 Å². The second-order valence-corrected chi connectivity index (χ2v) is 5.00. The highest BCUT2D eigenvalue weighted by molar-refractivity contribution is 7.98. The maximum atomic E-state index is 11.9. The molecule has 0 bridgehead atoms. The van der Waals surface area contributed by atoms with Crippen molar-refractivity contribution in [2.75, 3.05) is 6.26 Å². The molecule has 0 aliphatic carbocycles. The van der Waals surface area contributed by atoms with Crippen LogP contribution in [0.5, 0.6) is 0 Å². The summed E-state index contributed by atoms with van der Waals surface area (Å²) in [4.78, 5) is 19.1. The van der Waals surface area contributed by atoms with Crippen molar-refractivity contribution in [1.82, 2.24) is 19.7 Å². The van der Waals surface area contributed by atoms with Crippen LogP contribution >= 0.6 is 11.8 Å². The fraction of sp³-hybridized carbons (Fsp3) is 0.154. The van der Waals surface area contributed by atoms with Crippen LogP contribution in [0.15, 0.2) is 40.4 Å². The minimum absolute atomic E-state index is 0.159. The molecular formula is C13H12N4OS. The van der Waals surface area contributed by atoms with Crippen LogP contribution in [0.25, 0.3) is 16.7 Å². The number of thioether (sulfide) groups is 1. The number of fused-ring (bicyclic) bond motifs is 1. The van der Waals surface area contributed by atoms with Gasteiger partial charge in [0, 0.05) is 0 Å². The van der Waals surface area contributed by atoms with Crippen molar-refractivity contribution in [3.05, 3.63) is 46.4 Å². The van der Waals surface area contributed by atoms with E-state index in [1.165, 1.54) is 11.8 Å². The summed E-state index contributed by atoms with van der Waals surface area (Å²) in [6.07, 6.45) is 3.42. The van der Waals surface area contributed by atoms with E-state index in [1.54, 1.807) is 10.9 Å². The summed E-state index contributed by atoms with van der Waals surface area (Å²) in [5.74, 6) is 0. The maximum Gasteiger partial charge on any atom is 0.262 e. The average Bonchev–Trinajstić information content (AvgIpc) is 2.83. The number of nitrogens with one attached hydrogen (secondary N) is 1. The molecule has 3 rings (SSSR count). The molecular weight excluding hydrogens is 260 g/mol. The van der Waals surface area contributed by atoms with Crippen LogP contribution in [0, 0.1) is 6.92 Å². The molecule has 0 aliphatic rings. The van der Waals surface area contributed by atoms with E-state index in [4.69, 9.17) is 0 Å². The number of aromatic nitrogens is 4. The lowest BCUT2D eigenvalue weighted by atomic mass is 10.2. The first-order valence-electron chi connectivity index (χ1n) is 5.78. The number of benzene rings is 1. The van der Waals surface area contributed by atoms with Crippen LogP contribution in [0.2, 0.25) is 0 Å². The lowest BCUT2D eigenvalue weighted by Gasteiger charge is -2.04. The van der Waals surface area contributed by atoms with Gasteiger partial charge in [0.1, 0.15) is 5.39 Å². The number of aromatic amines is 1. The van der Waals surface area contributed by atoms with Crippen LogP contribution < -0.4 is 5.56 Å². The van der Waals surface area contributed by atoms with E-state index in [0.717, 1.165) is 11.3 Å². The molecule has 0 spiro atoms. The second kappa shape index (κ2) is 4.55.